The summed E-state index contributed by atoms with van der Waals surface area (Å²) >= 11 is 0. The summed E-state index contributed by atoms with van der Waals surface area (Å²) in [6.45, 7) is 6.68. The third-order valence-corrected chi connectivity index (χ3v) is 2.35. The number of carbonyl (C=O) groups excluding carboxylic acids is 1. The van der Waals surface area contributed by atoms with Gasteiger partial charge < -0.3 is 14.4 Å². The first-order valence-electron chi connectivity index (χ1n) is 5.52. The Morgan fingerprint density at radius 1 is 1.00 bits per heavy atom. The molecule has 0 atom stereocenters. The monoisotopic (exact) mass is 360 g/mol. The van der Waals surface area contributed by atoms with Crippen molar-refractivity contribution in [2.75, 3.05) is 0 Å². The van der Waals surface area contributed by atoms with Crippen LogP contribution >= 0.6 is 0 Å². The second-order valence-corrected chi connectivity index (χ2v) is 3.39. The molecule has 100 valence electrons. The average molecular weight is 360 g/mol. The number of hydrogen-bond acceptors (Lipinski definition) is 1. The fourth-order valence-corrected chi connectivity index (χ4v) is 1.20. The summed E-state index contributed by atoms with van der Waals surface area (Å²) in [7, 11) is 0. The van der Waals surface area contributed by atoms with Crippen molar-refractivity contribution in [3.8, 4) is 0 Å². The van der Waals surface area contributed by atoms with E-state index in [1.807, 2.05) is 36.4 Å². The molecular weight excluding hydrogens is 336 g/mol. The second kappa shape index (κ2) is 19.9. The van der Waals surface area contributed by atoms with Gasteiger partial charge in [0.1, 0.15) is 5.78 Å². The first-order chi connectivity index (χ1) is 7.30. The van der Waals surface area contributed by atoms with Gasteiger partial charge in [0.2, 0.25) is 0 Å². The van der Waals surface area contributed by atoms with Gasteiger partial charge in [-0.05, 0) is 19.8 Å². The predicted molar refractivity (Wildman–Crippen MR) is 71.9 cm³/mol. The molecule has 0 aliphatic heterocycles. The van der Waals surface area contributed by atoms with E-state index in [0.29, 0.717) is 11.7 Å². The molecule has 0 saturated heterocycles. The van der Waals surface area contributed by atoms with E-state index in [-0.39, 0.29) is 58.7 Å². The van der Waals surface area contributed by atoms with Crippen LogP contribution in [0.2, 0.25) is 0 Å². The number of hydrogen-bond donors (Lipinski definition) is 0. The van der Waals surface area contributed by atoms with Gasteiger partial charge in [0, 0.05) is 57.2 Å². The maximum atomic E-state index is 10.4. The van der Waals surface area contributed by atoms with Gasteiger partial charge in [-0.2, -0.15) is 6.92 Å². The summed E-state index contributed by atoms with van der Waals surface area (Å²) in [5.74, 6) is 0.825. The Kier molecular flexibility index (Phi) is 29.9. The molecule has 1 aliphatic carbocycles. The van der Waals surface area contributed by atoms with E-state index in [1.54, 1.807) is 13.8 Å². The fraction of sp³-hybridized carbons (Fsp3) is 0.400. The number of Topliss-reactive ketones (excluding diaryl/α,β-unsaturated/α-hetero) is 1. The molecule has 2 rings (SSSR count). The predicted octanol–water partition coefficient (Wildman–Crippen LogP) is 4.35. The molecule has 0 amide bonds. The van der Waals surface area contributed by atoms with Crippen molar-refractivity contribution >= 4 is 5.78 Å². The van der Waals surface area contributed by atoms with Crippen LogP contribution in [0.25, 0.3) is 0 Å². The van der Waals surface area contributed by atoms with Gasteiger partial charge in [0.25, 0.3) is 0 Å². The first-order valence-corrected chi connectivity index (χ1v) is 5.52. The van der Waals surface area contributed by atoms with E-state index in [0.717, 1.165) is 12.8 Å². The molecule has 1 nitrogen and oxygen atoms in total. The molecule has 3 heteroatoms. The molecule has 2 radical (unpaired) electrons. The van der Waals surface area contributed by atoms with Crippen LogP contribution in [-0.2, 0) is 56.1 Å². The molecule has 1 fully saturated rings. The van der Waals surface area contributed by atoms with Crippen LogP contribution in [0, 0.1) is 20.3 Å². The largest absolute Gasteiger partial charge is 0.358 e. The van der Waals surface area contributed by atoms with Crippen molar-refractivity contribution in [3.05, 3.63) is 50.7 Å². The molecule has 1 saturated carbocycles. The summed E-state index contributed by atoms with van der Waals surface area (Å²) in [6, 6.07) is 12.0. The van der Waals surface area contributed by atoms with Gasteiger partial charge in [-0.25, -0.2) is 0 Å². The maximum Gasteiger partial charge on any atom is 0.132 e. The van der Waals surface area contributed by atoms with Crippen molar-refractivity contribution in [2.24, 2.45) is 5.92 Å². The van der Waals surface area contributed by atoms with Gasteiger partial charge in [0.15, 0.2) is 0 Å². The van der Waals surface area contributed by atoms with Crippen LogP contribution in [-0.4, -0.2) is 5.78 Å². The zero-order chi connectivity index (χ0) is 11.5. The Balaban J connectivity index is -0.0000000839. The number of carbonyl (C=O) groups is 1. The summed E-state index contributed by atoms with van der Waals surface area (Å²) in [5.41, 5.74) is 0. The van der Waals surface area contributed by atoms with E-state index >= 15 is 0 Å². The standard InChI is InChI=1S/C6H10O.C6H6.C2H5.CH3.V.Y/c1-5(7)6-3-2-4-6;1-2-4-6-5-3-1;1-2;;;/h6H,2-4H2,1H3;1-6H;1H2,2H3;1H3;;/q;;2*-1;;. The van der Waals surface area contributed by atoms with Crippen molar-refractivity contribution in [3.63, 3.8) is 0 Å². The van der Waals surface area contributed by atoms with E-state index < -0.39 is 0 Å². The van der Waals surface area contributed by atoms with Crippen LogP contribution in [0.15, 0.2) is 36.4 Å². The smallest absolute Gasteiger partial charge is 0.132 e. The zero-order valence-corrected chi connectivity index (χ0v) is 16.0. The molecule has 1 aromatic carbocycles. The van der Waals surface area contributed by atoms with Crippen LogP contribution in [0.3, 0.4) is 0 Å². The molecule has 0 aromatic heterocycles. The Bertz CT molecular complexity index is 221. The van der Waals surface area contributed by atoms with Crippen molar-refractivity contribution in [1.29, 1.82) is 0 Å². The minimum Gasteiger partial charge on any atom is -0.358 e. The van der Waals surface area contributed by atoms with E-state index in [9.17, 15) is 4.79 Å². The molecule has 0 N–H and O–H groups in total. The van der Waals surface area contributed by atoms with Gasteiger partial charge in [0.05, 0.1) is 0 Å². The van der Waals surface area contributed by atoms with E-state index in [1.165, 1.54) is 6.42 Å². The average Bonchev–Trinajstić information content (AvgIpc) is 2.21. The Labute approximate surface area is 150 Å². The van der Waals surface area contributed by atoms with E-state index in [2.05, 4.69) is 6.92 Å². The first kappa shape index (κ1) is 27.0. The topological polar surface area (TPSA) is 17.1 Å². The minimum absolute atomic E-state index is 0. The molecule has 0 heterocycles. The SMILES string of the molecule is CC(=O)C1CCC1.[CH2-]C.[CH3-].[V].[Y].c1ccccc1. The van der Waals surface area contributed by atoms with Crippen LogP contribution in [0.4, 0.5) is 0 Å². The summed E-state index contributed by atoms with van der Waals surface area (Å²) in [5, 5.41) is 0. The molecule has 0 spiro atoms. The Morgan fingerprint density at radius 3 is 1.33 bits per heavy atom. The van der Waals surface area contributed by atoms with Crippen molar-refractivity contribution in [1.82, 2.24) is 0 Å². The van der Waals surface area contributed by atoms with Gasteiger partial charge >= 0.3 is 0 Å². The molecule has 0 unspecified atom stereocenters. The normalized spacial score (nSPS) is 11.3. The number of rotatable bonds is 1. The van der Waals surface area contributed by atoms with Crippen LogP contribution in [0.1, 0.15) is 33.1 Å². The van der Waals surface area contributed by atoms with Gasteiger partial charge in [-0.15, -0.1) is 0 Å². The summed E-state index contributed by atoms with van der Waals surface area (Å²) < 4.78 is 0. The number of ketones is 1. The number of benzene rings is 1. The summed E-state index contributed by atoms with van der Waals surface area (Å²) in [6.07, 6.45) is 3.56. The van der Waals surface area contributed by atoms with E-state index in [4.69, 9.17) is 0 Å². The maximum absolute atomic E-state index is 10.4. The van der Waals surface area contributed by atoms with Gasteiger partial charge in [-0.3, -0.25) is 4.79 Å². The van der Waals surface area contributed by atoms with Crippen LogP contribution < -0.4 is 0 Å². The van der Waals surface area contributed by atoms with Gasteiger partial charge in [-0.1, -0.05) is 42.8 Å². The fourth-order valence-electron chi connectivity index (χ4n) is 1.20. The molecule has 18 heavy (non-hydrogen) atoms. The second-order valence-electron chi connectivity index (χ2n) is 3.39. The Morgan fingerprint density at radius 2 is 1.28 bits per heavy atom. The van der Waals surface area contributed by atoms with Crippen LogP contribution in [0.5, 0.6) is 0 Å². The molecule has 0 bridgehead atoms. The molecule has 1 aromatic rings. The van der Waals surface area contributed by atoms with Crippen molar-refractivity contribution < 1.29 is 56.1 Å². The summed E-state index contributed by atoms with van der Waals surface area (Å²) in [4.78, 5) is 10.4. The minimum atomic E-state index is 0. The van der Waals surface area contributed by atoms with Crippen molar-refractivity contribution in [2.45, 2.75) is 33.1 Å². The zero-order valence-electron chi connectivity index (χ0n) is 11.8. The molecule has 1 aliphatic rings. The Hall–Kier alpha value is 0.578. The molecular formula is C15H24OVY-2. The third kappa shape index (κ3) is 14.6. The third-order valence-electron chi connectivity index (χ3n) is 2.35. The quantitative estimate of drug-likeness (QED) is 0.681.